The van der Waals surface area contributed by atoms with Gasteiger partial charge in [0.25, 0.3) is 0 Å². The molecule has 0 saturated heterocycles. The molecule has 2 N–H and O–H groups in total. The zero-order valence-corrected chi connectivity index (χ0v) is 15.2. The quantitative estimate of drug-likeness (QED) is 0.665. The second kappa shape index (κ2) is 6.97. The van der Waals surface area contributed by atoms with Crippen LogP contribution in [0.3, 0.4) is 0 Å². The van der Waals surface area contributed by atoms with Crippen molar-refractivity contribution in [2.45, 2.75) is 38.3 Å². The summed E-state index contributed by atoms with van der Waals surface area (Å²) in [6.45, 7) is 0.499. The molecule has 8 heteroatoms. The second-order valence-electron chi connectivity index (χ2n) is 6.04. The third kappa shape index (κ3) is 3.32. The Morgan fingerprint density at radius 3 is 3.28 bits per heavy atom. The van der Waals surface area contributed by atoms with Crippen LogP contribution in [0.25, 0.3) is 10.7 Å². The fourth-order valence-corrected chi connectivity index (χ4v) is 4.18. The lowest BCUT2D eigenvalue weighted by Crippen LogP contribution is -2.31. The summed E-state index contributed by atoms with van der Waals surface area (Å²) in [5.74, 6) is 1.79. The van der Waals surface area contributed by atoms with Crippen LogP contribution in [-0.4, -0.2) is 20.7 Å². The molecule has 0 saturated carbocycles. The van der Waals surface area contributed by atoms with Crippen LogP contribution in [0.4, 0.5) is 0 Å². The van der Waals surface area contributed by atoms with E-state index in [0.29, 0.717) is 17.7 Å². The molecular formula is C17H18N4O2S2. The number of nitrogens with one attached hydrogen (secondary N) is 2. The largest absolute Gasteiger partial charge is 0.469 e. The topological polar surface area (TPSA) is 75.8 Å². The van der Waals surface area contributed by atoms with E-state index < -0.39 is 0 Å². The van der Waals surface area contributed by atoms with Gasteiger partial charge in [-0.1, -0.05) is 6.07 Å². The van der Waals surface area contributed by atoms with Gasteiger partial charge in [0, 0.05) is 24.9 Å². The summed E-state index contributed by atoms with van der Waals surface area (Å²) in [6.07, 6.45) is 4.98. The monoisotopic (exact) mass is 374 g/mol. The molecule has 3 aromatic rings. The number of aromatic amines is 1. The van der Waals surface area contributed by atoms with Gasteiger partial charge in [0.2, 0.25) is 5.91 Å². The van der Waals surface area contributed by atoms with E-state index >= 15 is 0 Å². The predicted molar refractivity (Wildman–Crippen MR) is 97.9 cm³/mol. The number of amides is 1. The van der Waals surface area contributed by atoms with Gasteiger partial charge in [0.05, 0.1) is 17.2 Å². The second-order valence-corrected chi connectivity index (χ2v) is 7.38. The molecule has 25 heavy (non-hydrogen) atoms. The predicted octanol–water partition coefficient (Wildman–Crippen LogP) is 3.85. The van der Waals surface area contributed by atoms with Gasteiger partial charge >= 0.3 is 0 Å². The van der Waals surface area contributed by atoms with E-state index in [2.05, 4.69) is 15.5 Å². The number of aryl methyl sites for hydroxylation is 1. The number of carbonyl (C=O) groups is 1. The molecule has 3 aromatic heterocycles. The molecule has 0 aliphatic heterocycles. The molecule has 0 bridgehead atoms. The Hall–Kier alpha value is -2.19. The molecule has 3 heterocycles. The van der Waals surface area contributed by atoms with E-state index in [9.17, 15) is 4.79 Å². The standard InChI is InChI=1S/C17H18N4O2S2/c22-15(18-12-3-1-4-13-11(12)7-9-23-13)6-8-21-16(19-20-17(21)24)14-5-2-10-25-14/h2,5,7,9-10,12H,1,3-4,6,8H2,(H,18,22)(H,20,24). The molecular weight excluding hydrogens is 356 g/mol. The molecule has 4 rings (SSSR count). The number of hydrogen-bond acceptors (Lipinski definition) is 5. The Morgan fingerprint density at radius 1 is 1.52 bits per heavy atom. The number of H-pyrrole nitrogens is 1. The molecule has 1 aliphatic carbocycles. The smallest absolute Gasteiger partial charge is 0.222 e. The van der Waals surface area contributed by atoms with E-state index in [1.54, 1.807) is 17.6 Å². The van der Waals surface area contributed by atoms with E-state index in [0.717, 1.165) is 41.3 Å². The van der Waals surface area contributed by atoms with Gasteiger partial charge in [-0.2, -0.15) is 5.10 Å². The molecule has 6 nitrogen and oxygen atoms in total. The minimum absolute atomic E-state index is 0.0132. The Bertz CT molecular complexity index is 923. The SMILES string of the molecule is O=C(CCn1c(-c2cccs2)n[nH]c1=S)NC1CCCc2occc21. The first kappa shape index (κ1) is 16.3. The first-order valence-electron chi connectivity index (χ1n) is 8.27. The number of fused-ring (bicyclic) bond motifs is 1. The maximum absolute atomic E-state index is 12.4. The summed E-state index contributed by atoms with van der Waals surface area (Å²) >= 11 is 6.91. The van der Waals surface area contributed by atoms with Crippen molar-refractivity contribution >= 4 is 29.5 Å². The fourth-order valence-electron chi connectivity index (χ4n) is 3.24. The van der Waals surface area contributed by atoms with Gasteiger partial charge in [0.1, 0.15) is 5.76 Å². The van der Waals surface area contributed by atoms with Crippen LogP contribution >= 0.6 is 23.6 Å². The minimum atomic E-state index is 0.0132. The summed E-state index contributed by atoms with van der Waals surface area (Å²) in [7, 11) is 0. The number of nitrogens with zero attached hydrogens (tertiary/aromatic N) is 2. The molecule has 0 aromatic carbocycles. The van der Waals surface area contributed by atoms with Gasteiger partial charge < -0.3 is 9.73 Å². The molecule has 1 unspecified atom stereocenters. The van der Waals surface area contributed by atoms with E-state index in [1.807, 2.05) is 28.1 Å². The third-order valence-electron chi connectivity index (χ3n) is 4.45. The highest BCUT2D eigenvalue weighted by atomic mass is 32.1. The maximum Gasteiger partial charge on any atom is 0.222 e. The van der Waals surface area contributed by atoms with E-state index in [1.165, 1.54) is 0 Å². The van der Waals surface area contributed by atoms with Crippen molar-refractivity contribution in [3.63, 3.8) is 0 Å². The van der Waals surface area contributed by atoms with Gasteiger partial charge in [-0.15, -0.1) is 11.3 Å². The number of thiophene rings is 1. The lowest BCUT2D eigenvalue weighted by molar-refractivity contribution is -0.122. The number of hydrogen-bond donors (Lipinski definition) is 2. The first-order valence-corrected chi connectivity index (χ1v) is 9.56. The van der Waals surface area contributed by atoms with Crippen LogP contribution in [0.2, 0.25) is 0 Å². The van der Waals surface area contributed by atoms with Gasteiger partial charge in [-0.3, -0.25) is 14.5 Å². The van der Waals surface area contributed by atoms with E-state index in [4.69, 9.17) is 16.6 Å². The highest BCUT2D eigenvalue weighted by Crippen LogP contribution is 2.30. The number of rotatable bonds is 5. The zero-order chi connectivity index (χ0) is 17.2. The van der Waals surface area contributed by atoms with Crippen molar-refractivity contribution in [3.8, 4) is 10.7 Å². The molecule has 0 radical (unpaired) electrons. The summed E-state index contributed by atoms with van der Waals surface area (Å²) in [4.78, 5) is 13.5. The van der Waals surface area contributed by atoms with Crippen molar-refractivity contribution in [1.82, 2.24) is 20.1 Å². The Morgan fingerprint density at radius 2 is 2.44 bits per heavy atom. The fraction of sp³-hybridized carbons (Fsp3) is 0.353. The van der Waals surface area contributed by atoms with Crippen LogP contribution < -0.4 is 5.32 Å². The van der Waals surface area contributed by atoms with Crippen LogP contribution in [0.15, 0.2) is 34.3 Å². The summed E-state index contributed by atoms with van der Waals surface area (Å²) in [5, 5.41) is 12.2. The Labute approximate surface area is 153 Å². The van der Waals surface area contributed by atoms with Crippen molar-refractivity contribution in [1.29, 1.82) is 0 Å². The zero-order valence-electron chi connectivity index (χ0n) is 13.5. The van der Waals surface area contributed by atoms with E-state index in [-0.39, 0.29) is 11.9 Å². The maximum atomic E-state index is 12.4. The Balaban J connectivity index is 1.42. The molecule has 130 valence electrons. The van der Waals surface area contributed by atoms with Crippen molar-refractivity contribution < 1.29 is 9.21 Å². The molecule has 1 amide bonds. The van der Waals surface area contributed by atoms with Crippen LogP contribution in [0.1, 0.15) is 36.6 Å². The molecule has 1 atom stereocenters. The molecule has 0 fully saturated rings. The summed E-state index contributed by atoms with van der Waals surface area (Å²) < 4.78 is 7.89. The average Bonchev–Trinajstić information content (AvgIpc) is 3.34. The average molecular weight is 374 g/mol. The number of furan rings is 1. The van der Waals surface area contributed by atoms with Gasteiger partial charge in [-0.25, -0.2) is 0 Å². The molecule has 0 spiro atoms. The summed E-state index contributed by atoms with van der Waals surface area (Å²) in [5.41, 5.74) is 1.11. The van der Waals surface area contributed by atoms with Crippen LogP contribution in [-0.2, 0) is 17.8 Å². The van der Waals surface area contributed by atoms with Gasteiger partial charge in [0.15, 0.2) is 10.6 Å². The van der Waals surface area contributed by atoms with Gasteiger partial charge in [-0.05, 0) is 42.6 Å². The lowest BCUT2D eigenvalue weighted by atomic mass is 9.93. The number of carbonyl (C=O) groups excluding carboxylic acids is 1. The Kier molecular flexibility index (Phi) is 4.54. The lowest BCUT2D eigenvalue weighted by Gasteiger charge is -2.22. The summed E-state index contributed by atoms with van der Waals surface area (Å²) in [6, 6.07) is 5.97. The normalized spacial score (nSPS) is 16.6. The van der Waals surface area contributed by atoms with Crippen LogP contribution in [0.5, 0.6) is 0 Å². The highest BCUT2D eigenvalue weighted by molar-refractivity contribution is 7.71. The van der Waals surface area contributed by atoms with Crippen LogP contribution in [0, 0.1) is 4.77 Å². The number of aromatic nitrogens is 3. The van der Waals surface area contributed by atoms with Crippen molar-refractivity contribution in [3.05, 3.63) is 45.9 Å². The third-order valence-corrected chi connectivity index (χ3v) is 5.63. The first-order chi connectivity index (χ1) is 12.2. The van der Waals surface area contributed by atoms with Crippen molar-refractivity contribution in [2.24, 2.45) is 0 Å². The highest BCUT2D eigenvalue weighted by Gasteiger charge is 2.24. The minimum Gasteiger partial charge on any atom is -0.469 e. The molecule has 1 aliphatic rings. The van der Waals surface area contributed by atoms with Crippen molar-refractivity contribution in [2.75, 3.05) is 0 Å².